The first-order valence-electron chi connectivity index (χ1n) is 11.5. The van der Waals surface area contributed by atoms with Gasteiger partial charge in [0, 0.05) is 0 Å². The maximum Gasteiger partial charge on any atom is 0.337 e. The molecular formula is C23H34O12. The highest BCUT2D eigenvalue weighted by atomic mass is 16.7. The second-order valence-electron chi connectivity index (χ2n) is 8.76. The van der Waals surface area contributed by atoms with Crippen LogP contribution in [-0.4, -0.2) is 123 Å². The Hall–Kier alpha value is -1.71. The molecule has 10 atom stereocenters. The number of rotatable bonds is 9. The topological polar surface area (TPSA) is 196 Å². The van der Waals surface area contributed by atoms with E-state index < -0.39 is 80.4 Å². The highest BCUT2D eigenvalue weighted by molar-refractivity contribution is 5.89. The highest BCUT2D eigenvalue weighted by Gasteiger charge is 2.50. The minimum absolute atomic E-state index is 0.331. The number of carbonyl (C=O) groups is 1. The van der Waals surface area contributed by atoms with Gasteiger partial charge in [-0.3, -0.25) is 0 Å². The lowest BCUT2D eigenvalue weighted by atomic mass is 9.91. The molecular weight excluding hydrogens is 468 g/mol. The average molecular weight is 503 g/mol. The third kappa shape index (κ3) is 6.35. The Balaban J connectivity index is 1.63. The summed E-state index contributed by atoms with van der Waals surface area (Å²) in [5.74, 6) is -0.436. The van der Waals surface area contributed by atoms with Crippen molar-refractivity contribution in [2.45, 2.75) is 80.5 Å². The van der Waals surface area contributed by atoms with Crippen LogP contribution in [0.25, 0.3) is 0 Å². The molecule has 0 aromatic heterocycles. The zero-order valence-electron chi connectivity index (χ0n) is 19.3. The second kappa shape index (κ2) is 12.5. The number of aliphatic hydroxyl groups is 7. The molecule has 0 spiro atoms. The lowest BCUT2D eigenvalue weighted by Gasteiger charge is -2.46. The summed E-state index contributed by atoms with van der Waals surface area (Å²) in [5, 5.41) is 70.6. The van der Waals surface area contributed by atoms with Crippen LogP contribution in [0.3, 0.4) is 0 Å². The van der Waals surface area contributed by atoms with Crippen LogP contribution < -0.4 is 0 Å². The minimum atomic E-state index is -1.71. The molecule has 12 nitrogen and oxygen atoms in total. The van der Waals surface area contributed by atoms with E-state index in [0.717, 1.165) is 5.56 Å². The fourth-order valence-corrected chi connectivity index (χ4v) is 4.33. The van der Waals surface area contributed by atoms with Gasteiger partial charge in [-0.25, -0.2) is 4.79 Å². The van der Waals surface area contributed by atoms with E-state index in [2.05, 4.69) is 4.74 Å². The number of esters is 1. The number of methoxy groups -OCH3 is 1. The number of hydrogen-bond acceptors (Lipinski definition) is 12. The van der Waals surface area contributed by atoms with Gasteiger partial charge >= 0.3 is 5.97 Å². The highest BCUT2D eigenvalue weighted by Crippen LogP contribution is 2.30. The molecule has 1 aromatic carbocycles. The molecule has 0 amide bonds. The van der Waals surface area contributed by atoms with E-state index in [1.165, 1.54) is 7.11 Å². The van der Waals surface area contributed by atoms with Crippen molar-refractivity contribution >= 4 is 5.97 Å². The molecule has 2 aliphatic rings. The number of aliphatic hydroxyl groups excluding tert-OH is 7. The van der Waals surface area contributed by atoms with Crippen molar-refractivity contribution in [1.29, 1.82) is 0 Å². The van der Waals surface area contributed by atoms with Gasteiger partial charge in [-0.05, 0) is 37.0 Å². The van der Waals surface area contributed by atoms with E-state index >= 15 is 0 Å². The average Bonchev–Trinajstić information content (AvgIpc) is 2.87. The van der Waals surface area contributed by atoms with E-state index in [-0.39, 0.29) is 0 Å². The van der Waals surface area contributed by atoms with Gasteiger partial charge in [-0.1, -0.05) is 12.1 Å². The van der Waals surface area contributed by atoms with E-state index in [1.807, 2.05) is 0 Å². The third-order valence-electron chi connectivity index (χ3n) is 6.43. The fraction of sp³-hybridized carbons (Fsp3) is 0.696. The molecule has 2 aliphatic heterocycles. The van der Waals surface area contributed by atoms with Gasteiger partial charge in [0.25, 0.3) is 0 Å². The maximum atomic E-state index is 11.5. The number of benzene rings is 1. The van der Waals surface area contributed by atoms with Gasteiger partial charge in [0.1, 0.15) is 48.8 Å². The fourth-order valence-electron chi connectivity index (χ4n) is 4.33. The first-order chi connectivity index (χ1) is 16.7. The van der Waals surface area contributed by atoms with Crippen LogP contribution in [0.4, 0.5) is 0 Å². The monoisotopic (exact) mass is 502 g/mol. The Morgan fingerprint density at radius 3 is 2.03 bits per heavy atom. The molecule has 0 unspecified atom stereocenters. The van der Waals surface area contributed by atoms with Crippen molar-refractivity contribution in [3.63, 3.8) is 0 Å². The van der Waals surface area contributed by atoms with Crippen molar-refractivity contribution in [3.8, 4) is 0 Å². The summed E-state index contributed by atoms with van der Waals surface area (Å²) in [4.78, 5) is 11.5. The van der Waals surface area contributed by atoms with Crippen LogP contribution in [0.2, 0.25) is 0 Å². The predicted molar refractivity (Wildman–Crippen MR) is 117 cm³/mol. The summed E-state index contributed by atoms with van der Waals surface area (Å²) in [6.45, 7) is -1.22. The standard InChI is InChI=1S/C23H34O12/c1-32-22(31)12-7-5-11(6-8-12)3-2-4-13-17(27)21(18(28)15(10-25)33-13)35-23-20(30)19(29)16(26)14(9-24)34-23/h5-8,13-21,23-30H,2-4,9-10H2,1H3/t13-,14-,15-,16-,17-,18-,19-,20-,21-,23-/m1/s1. The second-order valence-corrected chi connectivity index (χ2v) is 8.76. The Labute approximate surface area is 202 Å². The van der Waals surface area contributed by atoms with Crippen LogP contribution in [0.15, 0.2) is 24.3 Å². The number of carbonyl (C=O) groups excluding carboxylic acids is 1. The van der Waals surface area contributed by atoms with Crippen LogP contribution in [0, 0.1) is 0 Å². The lowest BCUT2D eigenvalue weighted by Crippen LogP contribution is -2.64. The normalized spacial score (nSPS) is 37.7. The minimum Gasteiger partial charge on any atom is -0.465 e. The smallest absolute Gasteiger partial charge is 0.337 e. The zero-order valence-corrected chi connectivity index (χ0v) is 19.3. The van der Waals surface area contributed by atoms with Crippen LogP contribution >= 0.6 is 0 Å². The number of aryl methyl sites for hydroxylation is 1. The molecule has 3 rings (SSSR count). The predicted octanol–water partition coefficient (Wildman–Crippen LogP) is -2.54. The van der Waals surface area contributed by atoms with Crippen LogP contribution in [-0.2, 0) is 25.4 Å². The maximum absolute atomic E-state index is 11.5. The van der Waals surface area contributed by atoms with Crippen LogP contribution in [0.5, 0.6) is 0 Å². The van der Waals surface area contributed by atoms with Gasteiger partial charge < -0.3 is 54.7 Å². The molecule has 2 heterocycles. The molecule has 2 fully saturated rings. The number of hydrogen-bond donors (Lipinski definition) is 7. The van der Waals surface area contributed by atoms with Crippen molar-refractivity contribution < 1.29 is 59.5 Å². The SMILES string of the molecule is COC(=O)c1ccc(CCC[C@H]2O[C@H](CO)[C@@H](O)[C@H](O[C@H]3O[C@H](CO)[C@@H](O)[C@@H](O)[C@H]3O)[C@@H]2O)cc1. The molecule has 2 saturated heterocycles. The quantitative estimate of drug-likeness (QED) is 0.175. The van der Waals surface area contributed by atoms with E-state index in [9.17, 15) is 40.5 Å². The molecule has 12 heteroatoms. The van der Waals surface area contributed by atoms with Gasteiger partial charge in [0.05, 0.1) is 32.0 Å². The Morgan fingerprint density at radius 2 is 1.43 bits per heavy atom. The number of ether oxygens (including phenoxy) is 4. The summed E-state index contributed by atoms with van der Waals surface area (Å²) in [5.41, 5.74) is 1.37. The zero-order chi connectivity index (χ0) is 25.7. The Kier molecular flexibility index (Phi) is 9.95. The van der Waals surface area contributed by atoms with Gasteiger partial charge in [0.15, 0.2) is 6.29 Å². The third-order valence-corrected chi connectivity index (χ3v) is 6.43. The Bertz CT molecular complexity index is 802. The summed E-state index contributed by atoms with van der Waals surface area (Å²) in [6.07, 6.45) is -12.4. The van der Waals surface area contributed by atoms with Gasteiger partial charge in [-0.2, -0.15) is 0 Å². The van der Waals surface area contributed by atoms with E-state index in [4.69, 9.17) is 14.2 Å². The molecule has 35 heavy (non-hydrogen) atoms. The lowest BCUT2D eigenvalue weighted by molar-refractivity contribution is -0.341. The van der Waals surface area contributed by atoms with E-state index in [0.29, 0.717) is 24.8 Å². The van der Waals surface area contributed by atoms with Crippen molar-refractivity contribution in [2.75, 3.05) is 20.3 Å². The largest absolute Gasteiger partial charge is 0.465 e. The summed E-state index contributed by atoms with van der Waals surface area (Å²) >= 11 is 0. The molecule has 198 valence electrons. The van der Waals surface area contributed by atoms with Crippen molar-refractivity contribution in [2.24, 2.45) is 0 Å². The van der Waals surface area contributed by atoms with Gasteiger partial charge in [-0.15, -0.1) is 0 Å². The van der Waals surface area contributed by atoms with E-state index in [1.54, 1.807) is 24.3 Å². The first-order valence-corrected chi connectivity index (χ1v) is 11.5. The van der Waals surface area contributed by atoms with Crippen molar-refractivity contribution in [1.82, 2.24) is 0 Å². The van der Waals surface area contributed by atoms with Gasteiger partial charge in [0.2, 0.25) is 0 Å². The summed E-state index contributed by atoms with van der Waals surface area (Å²) in [6, 6.07) is 6.87. The first kappa shape index (κ1) is 27.9. The molecule has 7 N–H and O–H groups in total. The molecule has 0 radical (unpaired) electrons. The summed E-state index contributed by atoms with van der Waals surface area (Å²) in [7, 11) is 1.30. The van der Waals surface area contributed by atoms with Crippen LogP contribution in [0.1, 0.15) is 28.8 Å². The molecule has 0 aliphatic carbocycles. The molecule has 0 saturated carbocycles. The molecule has 1 aromatic rings. The Morgan fingerprint density at radius 1 is 0.829 bits per heavy atom. The summed E-state index contributed by atoms with van der Waals surface area (Å²) < 4.78 is 21.3. The van der Waals surface area contributed by atoms with Crippen molar-refractivity contribution in [3.05, 3.63) is 35.4 Å². The molecule has 0 bridgehead atoms.